The molecule has 1 aliphatic carbocycles. The third kappa shape index (κ3) is 2.63. The Kier molecular flexibility index (Phi) is 3.35. The van der Waals surface area contributed by atoms with Gasteiger partial charge in [0.15, 0.2) is 5.78 Å². The minimum atomic E-state index is -0.622. The van der Waals surface area contributed by atoms with Crippen LogP contribution in [0.25, 0.3) is 0 Å². The molecule has 3 heteroatoms. The molecule has 1 saturated carbocycles. The largest absolute Gasteiger partial charge is 0.319 e. The van der Waals surface area contributed by atoms with E-state index in [1.54, 1.807) is 0 Å². The quantitative estimate of drug-likeness (QED) is 0.863. The number of hydrogen-bond donors (Lipinski definition) is 1. The molecule has 2 N–H and O–H groups in total. The highest BCUT2D eigenvalue weighted by molar-refractivity contribution is 14.1. The lowest BCUT2D eigenvalue weighted by molar-refractivity contribution is -0.123. The number of ketones is 1. The molecule has 0 bridgehead atoms. The zero-order valence-electron chi connectivity index (χ0n) is 9.37. The smallest absolute Gasteiger partial charge is 0.156 e. The molecule has 0 amide bonds. The highest BCUT2D eigenvalue weighted by Crippen LogP contribution is 2.38. The Balaban J connectivity index is 2.04. The van der Waals surface area contributed by atoms with Crippen LogP contribution in [0.3, 0.4) is 0 Å². The second kappa shape index (κ2) is 4.45. The third-order valence-corrected chi connectivity index (χ3v) is 4.02. The summed E-state index contributed by atoms with van der Waals surface area (Å²) in [5.74, 6) is 0.569. The van der Waals surface area contributed by atoms with Crippen molar-refractivity contribution in [2.45, 2.75) is 31.7 Å². The minimum absolute atomic E-state index is 0.163. The number of benzene rings is 1. The molecule has 86 valence electrons. The molecular formula is C13H16INO. The summed E-state index contributed by atoms with van der Waals surface area (Å²) < 4.78 is 1.19. The van der Waals surface area contributed by atoms with Gasteiger partial charge in [0.05, 0.1) is 5.54 Å². The Bertz CT molecular complexity index is 393. The number of hydrogen-bond acceptors (Lipinski definition) is 2. The fourth-order valence-electron chi connectivity index (χ4n) is 1.89. The SMILES string of the molecule is CC(N)(C(=O)Cc1ccc(I)cc1)C1CC1. The molecule has 1 fully saturated rings. The van der Waals surface area contributed by atoms with Gasteiger partial charge in [-0.15, -0.1) is 0 Å². The van der Waals surface area contributed by atoms with Crippen LogP contribution in [0.15, 0.2) is 24.3 Å². The summed E-state index contributed by atoms with van der Waals surface area (Å²) in [7, 11) is 0. The van der Waals surface area contributed by atoms with E-state index in [1.807, 2.05) is 31.2 Å². The average molecular weight is 329 g/mol. The molecule has 1 atom stereocenters. The number of Topliss-reactive ketones (excluding diaryl/α,β-unsaturated/α-hetero) is 1. The van der Waals surface area contributed by atoms with Crippen molar-refractivity contribution in [3.05, 3.63) is 33.4 Å². The van der Waals surface area contributed by atoms with Crippen molar-refractivity contribution < 1.29 is 4.79 Å². The minimum Gasteiger partial charge on any atom is -0.319 e. The Labute approximate surface area is 110 Å². The first-order valence-corrected chi connectivity index (χ1v) is 6.64. The zero-order valence-corrected chi connectivity index (χ0v) is 11.5. The first-order valence-electron chi connectivity index (χ1n) is 5.57. The lowest BCUT2D eigenvalue weighted by atomic mass is 9.88. The summed E-state index contributed by atoms with van der Waals surface area (Å²) in [6.07, 6.45) is 2.66. The van der Waals surface area contributed by atoms with Gasteiger partial charge in [-0.2, -0.15) is 0 Å². The molecule has 0 aromatic heterocycles. The van der Waals surface area contributed by atoms with E-state index in [0.29, 0.717) is 12.3 Å². The van der Waals surface area contributed by atoms with Crippen molar-refractivity contribution >= 4 is 28.4 Å². The molecule has 1 aromatic rings. The summed E-state index contributed by atoms with van der Waals surface area (Å²) >= 11 is 2.26. The van der Waals surface area contributed by atoms with Crippen LogP contribution < -0.4 is 5.73 Å². The molecule has 1 unspecified atom stereocenters. The second-order valence-electron chi connectivity index (χ2n) is 4.78. The van der Waals surface area contributed by atoms with Crippen molar-refractivity contribution in [3.8, 4) is 0 Å². The highest BCUT2D eigenvalue weighted by atomic mass is 127. The maximum atomic E-state index is 12.1. The Hall–Kier alpha value is -0.420. The van der Waals surface area contributed by atoms with E-state index >= 15 is 0 Å². The van der Waals surface area contributed by atoms with Gasteiger partial charge in [0.2, 0.25) is 0 Å². The van der Waals surface area contributed by atoms with Gasteiger partial charge >= 0.3 is 0 Å². The fraction of sp³-hybridized carbons (Fsp3) is 0.462. The Morgan fingerprint density at radius 2 is 2.00 bits per heavy atom. The summed E-state index contributed by atoms with van der Waals surface area (Å²) in [4.78, 5) is 12.1. The predicted octanol–water partition coefficient (Wildman–Crippen LogP) is 2.53. The van der Waals surface area contributed by atoms with Crippen LogP contribution in [0.1, 0.15) is 25.3 Å². The van der Waals surface area contributed by atoms with Crippen LogP contribution in [-0.4, -0.2) is 11.3 Å². The molecule has 0 heterocycles. The third-order valence-electron chi connectivity index (χ3n) is 3.30. The maximum absolute atomic E-state index is 12.1. The van der Waals surface area contributed by atoms with Crippen LogP contribution in [0.5, 0.6) is 0 Å². The molecule has 1 aromatic carbocycles. The zero-order chi connectivity index (χ0) is 11.8. The van der Waals surface area contributed by atoms with E-state index in [-0.39, 0.29) is 5.78 Å². The Morgan fingerprint density at radius 3 is 2.50 bits per heavy atom. The molecule has 0 saturated heterocycles. The standard InChI is InChI=1S/C13H16INO/c1-13(15,10-4-5-10)12(16)8-9-2-6-11(14)7-3-9/h2-3,6-7,10H,4-5,8,15H2,1H3. The number of rotatable bonds is 4. The van der Waals surface area contributed by atoms with E-state index in [0.717, 1.165) is 18.4 Å². The molecule has 0 aliphatic heterocycles. The van der Waals surface area contributed by atoms with E-state index in [2.05, 4.69) is 22.6 Å². The van der Waals surface area contributed by atoms with Crippen molar-refractivity contribution in [2.75, 3.05) is 0 Å². The van der Waals surface area contributed by atoms with E-state index in [4.69, 9.17) is 5.73 Å². The van der Waals surface area contributed by atoms with Gasteiger partial charge in [0, 0.05) is 9.99 Å². The van der Waals surface area contributed by atoms with E-state index < -0.39 is 5.54 Å². The Morgan fingerprint density at radius 1 is 1.44 bits per heavy atom. The van der Waals surface area contributed by atoms with Crippen LogP contribution in [-0.2, 0) is 11.2 Å². The van der Waals surface area contributed by atoms with Gasteiger partial charge < -0.3 is 5.73 Å². The lowest BCUT2D eigenvalue weighted by Crippen LogP contribution is -2.47. The van der Waals surface area contributed by atoms with Crippen molar-refractivity contribution in [1.82, 2.24) is 0 Å². The van der Waals surface area contributed by atoms with Crippen molar-refractivity contribution in [1.29, 1.82) is 0 Å². The molecule has 1 aliphatic rings. The average Bonchev–Trinajstić information content (AvgIpc) is 3.05. The molecule has 2 nitrogen and oxygen atoms in total. The predicted molar refractivity (Wildman–Crippen MR) is 73.2 cm³/mol. The number of nitrogens with two attached hydrogens (primary N) is 1. The van der Waals surface area contributed by atoms with Gasteiger partial charge in [0.1, 0.15) is 0 Å². The topological polar surface area (TPSA) is 43.1 Å². The van der Waals surface area contributed by atoms with E-state index in [9.17, 15) is 4.79 Å². The van der Waals surface area contributed by atoms with Crippen LogP contribution in [0, 0.1) is 9.49 Å². The summed E-state index contributed by atoms with van der Waals surface area (Å²) in [5.41, 5.74) is 6.53. The van der Waals surface area contributed by atoms with Gasteiger partial charge in [-0.25, -0.2) is 0 Å². The van der Waals surface area contributed by atoms with Crippen molar-refractivity contribution in [2.24, 2.45) is 11.7 Å². The fourth-order valence-corrected chi connectivity index (χ4v) is 2.25. The van der Waals surface area contributed by atoms with Crippen molar-refractivity contribution in [3.63, 3.8) is 0 Å². The highest BCUT2D eigenvalue weighted by Gasteiger charge is 2.43. The van der Waals surface area contributed by atoms with Gasteiger partial charge in [-0.1, -0.05) is 12.1 Å². The normalized spacial score (nSPS) is 19.2. The summed E-state index contributed by atoms with van der Waals surface area (Å²) in [6.45, 7) is 1.87. The molecule has 0 radical (unpaired) electrons. The second-order valence-corrected chi connectivity index (χ2v) is 6.03. The first kappa shape index (κ1) is 12.0. The monoisotopic (exact) mass is 329 g/mol. The van der Waals surface area contributed by atoms with Crippen LogP contribution >= 0.6 is 22.6 Å². The molecule has 0 spiro atoms. The van der Waals surface area contributed by atoms with Gasteiger partial charge in [0.25, 0.3) is 0 Å². The number of carbonyl (C=O) groups is 1. The van der Waals surface area contributed by atoms with Crippen LogP contribution in [0.4, 0.5) is 0 Å². The van der Waals surface area contributed by atoms with Gasteiger partial charge in [-0.05, 0) is 66.0 Å². The van der Waals surface area contributed by atoms with Gasteiger partial charge in [-0.3, -0.25) is 4.79 Å². The summed E-state index contributed by atoms with van der Waals surface area (Å²) in [5, 5.41) is 0. The molecule has 16 heavy (non-hydrogen) atoms. The van der Waals surface area contributed by atoms with Crippen LogP contribution in [0.2, 0.25) is 0 Å². The number of halogens is 1. The number of carbonyl (C=O) groups excluding carboxylic acids is 1. The lowest BCUT2D eigenvalue weighted by Gasteiger charge is -2.22. The maximum Gasteiger partial charge on any atom is 0.156 e. The van der Waals surface area contributed by atoms with E-state index in [1.165, 1.54) is 3.57 Å². The molecule has 2 rings (SSSR count). The molecular weight excluding hydrogens is 313 g/mol. The first-order chi connectivity index (χ1) is 7.50. The summed E-state index contributed by atoms with van der Waals surface area (Å²) in [6, 6.07) is 8.05.